The number of benzene rings is 2. The fourth-order valence-corrected chi connectivity index (χ4v) is 3.48. The lowest BCUT2D eigenvalue weighted by Crippen LogP contribution is -2.21. The van der Waals surface area contributed by atoms with Crippen molar-refractivity contribution in [1.29, 1.82) is 0 Å². The number of amides is 1. The van der Waals surface area contributed by atoms with E-state index >= 15 is 0 Å². The zero-order valence-electron chi connectivity index (χ0n) is 16.6. The molecule has 1 unspecified atom stereocenters. The average Bonchev–Trinajstić information content (AvgIpc) is 3.16. The van der Waals surface area contributed by atoms with Crippen LogP contribution in [0.15, 0.2) is 57.7 Å². The van der Waals surface area contributed by atoms with Gasteiger partial charge in [0.1, 0.15) is 11.5 Å². The van der Waals surface area contributed by atoms with Gasteiger partial charge in [-0.05, 0) is 43.7 Å². The number of hydrogen-bond acceptors (Lipinski definition) is 6. The Labute approximate surface area is 172 Å². The minimum Gasteiger partial charge on any atom is -0.507 e. The van der Waals surface area contributed by atoms with Crippen molar-refractivity contribution in [3.63, 3.8) is 0 Å². The summed E-state index contributed by atoms with van der Waals surface area (Å²) < 4.78 is 16.0. The van der Waals surface area contributed by atoms with E-state index in [0.717, 1.165) is 5.56 Å². The molecule has 7 heteroatoms. The molecule has 1 aliphatic heterocycles. The molecule has 0 spiro atoms. The molecule has 0 aliphatic carbocycles. The molecule has 0 bridgehead atoms. The number of ether oxygens (including phenoxy) is 2. The molecule has 30 heavy (non-hydrogen) atoms. The molecule has 0 saturated heterocycles. The summed E-state index contributed by atoms with van der Waals surface area (Å²) in [5.41, 5.74) is 1.70. The van der Waals surface area contributed by atoms with E-state index in [1.54, 1.807) is 37.3 Å². The highest BCUT2D eigenvalue weighted by molar-refractivity contribution is 5.91. The number of aryl methyl sites for hydroxylation is 2. The van der Waals surface area contributed by atoms with Crippen molar-refractivity contribution >= 4 is 11.6 Å². The van der Waals surface area contributed by atoms with Crippen molar-refractivity contribution < 1.29 is 23.8 Å². The van der Waals surface area contributed by atoms with E-state index in [4.69, 9.17) is 13.9 Å². The molecule has 7 nitrogen and oxygen atoms in total. The Hall–Kier alpha value is -3.74. The number of fused-ring (bicyclic) bond motifs is 1. The molecule has 1 amide bonds. The predicted octanol–water partition coefficient (Wildman–Crippen LogP) is 3.85. The first-order valence-electron chi connectivity index (χ1n) is 9.50. The minimum atomic E-state index is -0.734. The van der Waals surface area contributed by atoms with Gasteiger partial charge in [-0.25, -0.2) is 4.79 Å². The second kappa shape index (κ2) is 7.94. The number of hydrogen-bond donors (Lipinski definition) is 2. The van der Waals surface area contributed by atoms with E-state index in [-0.39, 0.29) is 36.2 Å². The SMILES string of the molecule is Cc1ccc(NC(=O)CC(c2ccc3c(c2)OCO3)c2c(O)cc(C)oc2=O)cc1. The minimum absolute atomic E-state index is 0.0264. The topological polar surface area (TPSA) is 98.0 Å². The van der Waals surface area contributed by atoms with Crippen LogP contribution in [0.5, 0.6) is 17.2 Å². The number of carbonyl (C=O) groups excluding carboxylic acids is 1. The van der Waals surface area contributed by atoms with Gasteiger partial charge in [0.15, 0.2) is 11.5 Å². The molecule has 3 aromatic rings. The van der Waals surface area contributed by atoms with Crippen LogP contribution < -0.4 is 20.4 Å². The fourth-order valence-electron chi connectivity index (χ4n) is 3.48. The van der Waals surface area contributed by atoms with Crippen LogP contribution in [0.25, 0.3) is 0 Å². The van der Waals surface area contributed by atoms with Gasteiger partial charge >= 0.3 is 5.63 Å². The lowest BCUT2D eigenvalue weighted by atomic mass is 9.88. The van der Waals surface area contributed by atoms with Gasteiger partial charge in [-0.15, -0.1) is 0 Å². The maximum Gasteiger partial charge on any atom is 0.343 e. The van der Waals surface area contributed by atoms with E-state index < -0.39 is 11.5 Å². The summed E-state index contributed by atoms with van der Waals surface area (Å²) in [6.45, 7) is 3.64. The quantitative estimate of drug-likeness (QED) is 0.667. The summed E-state index contributed by atoms with van der Waals surface area (Å²) >= 11 is 0. The molecule has 1 aliphatic rings. The van der Waals surface area contributed by atoms with Gasteiger partial charge < -0.3 is 24.3 Å². The summed E-state index contributed by atoms with van der Waals surface area (Å²) in [4.78, 5) is 25.4. The van der Waals surface area contributed by atoms with Crippen LogP contribution in [0.1, 0.15) is 34.8 Å². The highest BCUT2D eigenvalue weighted by Crippen LogP contribution is 2.39. The standard InChI is InChI=1S/C23H21NO6/c1-13-3-6-16(7-4-13)24-21(26)11-17(22-18(25)9-14(2)30-23(22)27)15-5-8-19-20(10-15)29-12-28-19/h3-10,17,25H,11-12H2,1-2H3,(H,24,26). The number of rotatable bonds is 5. The molecule has 1 aromatic heterocycles. The second-order valence-electron chi connectivity index (χ2n) is 7.23. The molecule has 154 valence electrons. The molecule has 4 rings (SSSR count). The Morgan fingerprint density at radius 1 is 1.07 bits per heavy atom. The lowest BCUT2D eigenvalue weighted by Gasteiger charge is -2.18. The van der Waals surface area contributed by atoms with Crippen LogP contribution in [0, 0.1) is 13.8 Å². The molecule has 2 aromatic carbocycles. The average molecular weight is 407 g/mol. The maximum absolute atomic E-state index is 12.8. The van der Waals surface area contributed by atoms with E-state index in [0.29, 0.717) is 22.7 Å². The summed E-state index contributed by atoms with van der Waals surface area (Å²) in [5, 5.41) is 13.3. The summed E-state index contributed by atoms with van der Waals surface area (Å²) in [6.07, 6.45) is -0.0745. The third-order valence-electron chi connectivity index (χ3n) is 4.96. The van der Waals surface area contributed by atoms with Crippen LogP contribution in [0.2, 0.25) is 0 Å². The number of nitrogens with one attached hydrogen (secondary N) is 1. The van der Waals surface area contributed by atoms with E-state index in [9.17, 15) is 14.7 Å². The van der Waals surface area contributed by atoms with Crippen molar-refractivity contribution in [3.8, 4) is 17.2 Å². The van der Waals surface area contributed by atoms with Crippen LogP contribution in [-0.2, 0) is 4.79 Å². The third kappa shape index (κ3) is 4.00. The monoisotopic (exact) mass is 407 g/mol. The van der Waals surface area contributed by atoms with Crippen LogP contribution in [-0.4, -0.2) is 17.8 Å². The first kappa shape index (κ1) is 19.6. The molecule has 2 heterocycles. The summed E-state index contributed by atoms with van der Waals surface area (Å²) in [5.74, 6) is 0.140. The Bertz CT molecular complexity index is 1150. The van der Waals surface area contributed by atoms with Gasteiger partial charge in [-0.2, -0.15) is 0 Å². The van der Waals surface area contributed by atoms with Gasteiger partial charge in [-0.1, -0.05) is 23.8 Å². The van der Waals surface area contributed by atoms with Crippen molar-refractivity contribution in [3.05, 3.63) is 81.4 Å². The van der Waals surface area contributed by atoms with Crippen molar-refractivity contribution in [1.82, 2.24) is 0 Å². The molecule has 0 fully saturated rings. The van der Waals surface area contributed by atoms with Crippen LogP contribution in [0.4, 0.5) is 5.69 Å². The Morgan fingerprint density at radius 3 is 2.53 bits per heavy atom. The first-order chi connectivity index (χ1) is 14.4. The van der Waals surface area contributed by atoms with Gasteiger partial charge in [-0.3, -0.25) is 4.79 Å². The zero-order valence-corrected chi connectivity index (χ0v) is 16.6. The van der Waals surface area contributed by atoms with Gasteiger partial charge in [0.2, 0.25) is 12.7 Å². The summed E-state index contributed by atoms with van der Waals surface area (Å²) in [7, 11) is 0. The normalized spacial score (nSPS) is 13.1. The number of aromatic hydroxyl groups is 1. The highest BCUT2D eigenvalue weighted by Gasteiger charge is 2.27. The Kier molecular flexibility index (Phi) is 5.18. The number of anilines is 1. The van der Waals surface area contributed by atoms with Gasteiger partial charge in [0.05, 0.1) is 5.56 Å². The largest absolute Gasteiger partial charge is 0.507 e. The fraction of sp³-hybridized carbons (Fsp3) is 0.217. The lowest BCUT2D eigenvalue weighted by molar-refractivity contribution is -0.116. The smallest absolute Gasteiger partial charge is 0.343 e. The van der Waals surface area contributed by atoms with Gasteiger partial charge in [0.25, 0.3) is 0 Å². The van der Waals surface area contributed by atoms with Crippen LogP contribution in [0.3, 0.4) is 0 Å². The molecule has 2 N–H and O–H groups in total. The van der Waals surface area contributed by atoms with Crippen molar-refractivity contribution in [2.45, 2.75) is 26.2 Å². The second-order valence-corrected chi connectivity index (χ2v) is 7.23. The van der Waals surface area contributed by atoms with E-state index in [1.807, 2.05) is 19.1 Å². The van der Waals surface area contributed by atoms with Crippen LogP contribution >= 0.6 is 0 Å². The maximum atomic E-state index is 12.8. The highest BCUT2D eigenvalue weighted by atomic mass is 16.7. The third-order valence-corrected chi connectivity index (χ3v) is 4.96. The molecular formula is C23H21NO6. The predicted molar refractivity (Wildman–Crippen MR) is 110 cm³/mol. The molecular weight excluding hydrogens is 386 g/mol. The number of carbonyl (C=O) groups is 1. The van der Waals surface area contributed by atoms with Crippen molar-refractivity contribution in [2.24, 2.45) is 0 Å². The zero-order chi connectivity index (χ0) is 21.3. The van der Waals surface area contributed by atoms with E-state index in [2.05, 4.69) is 5.32 Å². The van der Waals surface area contributed by atoms with Gasteiger partial charge in [0, 0.05) is 24.1 Å². The molecule has 1 atom stereocenters. The molecule has 0 radical (unpaired) electrons. The summed E-state index contributed by atoms with van der Waals surface area (Å²) in [6, 6.07) is 13.9. The Morgan fingerprint density at radius 2 is 1.80 bits per heavy atom. The first-order valence-corrected chi connectivity index (χ1v) is 9.50. The molecule has 0 saturated carbocycles. The van der Waals surface area contributed by atoms with E-state index in [1.165, 1.54) is 6.07 Å². The Balaban J connectivity index is 1.70. The van der Waals surface area contributed by atoms with Crippen molar-refractivity contribution in [2.75, 3.05) is 12.1 Å².